The van der Waals surface area contributed by atoms with Crippen LogP contribution in [0.15, 0.2) is 146 Å². The lowest BCUT2D eigenvalue weighted by molar-refractivity contribution is -0.360. The molecule has 0 aliphatic carbocycles. The Hall–Kier alpha value is -6.36. The van der Waals surface area contributed by atoms with Gasteiger partial charge in [0, 0.05) is 10.8 Å². The van der Waals surface area contributed by atoms with Crippen molar-refractivity contribution in [2.75, 3.05) is 0 Å². The first-order valence-electron chi connectivity index (χ1n) is 20.4. The monoisotopic (exact) mass is 950 g/mol. The number of alkyl halides is 10. The van der Waals surface area contributed by atoms with Gasteiger partial charge in [-0.2, -0.15) is 43.9 Å². The molecule has 6 rings (SSSR count). The summed E-state index contributed by atoms with van der Waals surface area (Å²) >= 11 is 0. The van der Waals surface area contributed by atoms with E-state index in [0.717, 1.165) is 24.3 Å². The summed E-state index contributed by atoms with van der Waals surface area (Å²) in [6.45, 7) is 6.79. The molecule has 0 amide bonds. The van der Waals surface area contributed by atoms with Crippen LogP contribution in [0.2, 0.25) is 0 Å². The number of halogens is 12. The predicted molar refractivity (Wildman–Crippen MR) is 224 cm³/mol. The van der Waals surface area contributed by atoms with E-state index in [4.69, 9.17) is 14.2 Å². The first-order chi connectivity index (χ1) is 31.2. The van der Waals surface area contributed by atoms with Gasteiger partial charge in [-0.3, -0.25) is 0 Å². The molecule has 0 fully saturated rings. The maximum atomic E-state index is 15.3. The minimum atomic E-state index is -6.01. The fraction of sp³-hybridized carbons (Fsp3) is 0.280. The zero-order valence-corrected chi connectivity index (χ0v) is 36.0. The Labute approximate surface area is 377 Å². The molecule has 0 aliphatic rings. The number of benzene rings is 6. The SMILES string of the molecule is CC(C)(c1ccc(OC(F)(F)C(F)(F)F)cc1)C(Cc1ccc(F)c(Oc2ccccc2)c1)OC(Cc1ccc(F)c(Oc2ccccc2)c1)C(C)(C)c1ccc(OC(F)(F)C(F)(F)F)cc1. The van der Waals surface area contributed by atoms with Crippen molar-refractivity contribution in [3.05, 3.63) is 179 Å². The predicted octanol–water partition coefficient (Wildman–Crippen LogP) is 15.1. The number of hydrogen-bond acceptors (Lipinski definition) is 5. The molecule has 17 heteroatoms. The van der Waals surface area contributed by atoms with Crippen LogP contribution in [0, 0.1) is 11.6 Å². The van der Waals surface area contributed by atoms with Crippen molar-refractivity contribution in [3.8, 4) is 34.5 Å². The number of hydrogen-bond donors (Lipinski definition) is 0. The summed E-state index contributed by atoms with van der Waals surface area (Å²) in [4.78, 5) is 0. The minimum absolute atomic E-state index is 0.0412. The van der Waals surface area contributed by atoms with Crippen LogP contribution in [0.5, 0.6) is 34.5 Å². The molecule has 0 bridgehead atoms. The molecule has 0 saturated carbocycles. The van der Waals surface area contributed by atoms with Crippen LogP contribution in [0.1, 0.15) is 49.9 Å². The topological polar surface area (TPSA) is 46.2 Å². The average Bonchev–Trinajstić information content (AvgIpc) is 3.25. The lowest BCUT2D eigenvalue weighted by atomic mass is 9.74. The number of rotatable bonds is 18. The van der Waals surface area contributed by atoms with Crippen LogP contribution < -0.4 is 18.9 Å². The highest BCUT2D eigenvalue weighted by atomic mass is 19.4. The van der Waals surface area contributed by atoms with Crippen LogP contribution in [0.3, 0.4) is 0 Å². The molecule has 6 aromatic rings. The highest BCUT2D eigenvalue weighted by Gasteiger charge is 2.62. The molecular formula is C50H42F12O5. The normalized spacial score (nSPS) is 13.7. The van der Waals surface area contributed by atoms with E-state index in [9.17, 15) is 43.9 Å². The van der Waals surface area contributed by atoms with E-state index in [2.05, 4.69) is 9.47 Å². The molecular weight excluding hydrogens is 909 g/mol. The molecule has 0 aromatic heterocycles. The third-order valence-electron chi connectivity index (χ3n) is 11.1. The maximum absolute atomic E-state index is 15.3. The van der Waals surface area contributed by atoms with Gasteiger partial charge in [0.25, 0.3) is 0 Å². The second-order valence-corrected chi connectivity index (χ2v) is 16.6. The molecule has 0 N–H and O–H groups in total. The zero-order chi connectivity index (χ0) is 49.0. The second kappa shape index (κ2) is 19.5. The van der Waals surface area contributed by atoms with Crippen molar-refractivity contribution in [1.82, 2.24) is 0 Å². The van der Waals surface area contributed by atoms with Crippen LogP contribution in [0.4, 0.5) is 52.7 Å². The Morgan fingerprint density at radius 3 is 1.04 bits per heavy atom. The van der Waals surface area contributed by atoms with E-state index >= 15 is 8.78 Å². The van der Waals surface area contributed by atoms with Gasteiger partial charge in [-0.1, -0.05) is 100 Å². The van der Waals surface area contributed by atoms with Crippen LogP contribution in [-0.2, 0) is 28.4 Å². The van der Waals surface area contributed by atoms with Crippen molar-refractivity contribution >= 4 is 0 Å². The van der Waals surface area contributed by atoms with Gasteiger partial charge < -0.3 is 23.7 Å². The van der Waals surface area contributed by atoms with E-state index < -0.39 is 70.7 Å². The first kappa shape index (κ1) is 50.1. The smallest absolute Gasteiger partial charge is 0.454 e. The molecule has 0 heterocycles. The molecule has 67 heavy (non-hydrogen) atoms. The molecule has 2 unspecified atom stereocenters. The summed E-state index contributed by atoms with van der Waals surface area (Å²) in [5, 5.41) is 0. The quantitative estimate of drug-likeness (QED) is 0.0804. The van der Waals surface area contributed by atoms with Crippen molar-refractivity contribution in [1.29, 1.82) is 0 Å². The Balaban J connectivity index is 1.43. The van der Waals surface area contributed by atoms with Gasteiger partial charge in [0.15, 0.2) is 23.1 Å². The molecule has 0 radical (unpaired) electrons. The highest BCUT2D eigenvalue weighted by Crippen LogP contribution is 2.43. The molecule has 356 valence electrons. The van der Waals surface area contributed by atoms with Crippen molar-refractivity contribution < 1.29 is 76.4 Å². The fourth-order valence-corrected chi connectivity index (χ4v) is 7.00. The maximum Gasteiger partial charge on any atom is 0.499 e. The van der Waals surface area contributed by atoms with Gasteiger partial charge in [0.05, 0.1) is 12.2 Å². The van der Waals surface area contributed by atoms with E-state index in [0.29, 0.717) is 33.8 Å². The van der Waals surface area contributed by atoms with Crippen LogP contribution >= 0.6 is 0 Å². The van der Waals surface area contributed by atoms with Gasteiger partial charge >= 0.3 is 24.6 Å². The lowest BCUT2D eigenvalue weighted by Gasteiger charge is -2.43. The van der Waals surface area contributed by atoms with Gasteiger partial charge in [0.1, 0.15) is 23.0 Å². The Bertz CT molecular complexity index is 2380. The number of para-hydroxylation sites is 2. The number of ether oxygens (including phenoxy) is 5. The summed E-state index contributed by atoms with van der Waals surface area (Å²) in [5.41, 5.74) is -0.795. The largest absolute Gasteiger partial charge is 0.499 e. The second-order valence-electron chi connectivity index (χ2n) is 16.6. The van der Waals surface area contributed by atoms with Crippen molar-refractivity contribution in [2.45, 2.75) is 88.1 Å². The Morgan fingerprint density at radius 1 is 0.403 bits per heavy atom. The summed E-state index contributed by atoms with van der Waals surface area (Å²) < 4.78 is 191. The van der Waals surface area contributed by atoms with Gasteiger partial charge in [-0.25, -0.2) is 8.78 Å². The zero-order valence-electron chi connectivity index (χ0n) is 36.0. The highest BCUT2D eigenvalue weighted by molar-refractivity contribution is 5.40. The minimum Gasteiger partial charge on any atom is -0.454 e. The van der Waals surface area contributed by atoms with Crippen molar-refractivity contribution in [3.63, 3.8) is 0 Å². The summed E-state index contributed by atoms with van der Waals surface area (Å²) in [6, 6.07) is 33.6. The summed E-state index contributed by atoms with van der Waals surface area (Å²) in [7, 11) is 0. The Morgan fingerprint density at radius 2 is 0.731 bits per heavy atom. The lowest BCUT2D eigenvalue weighted by Crippen LogP contribution is -2.46. The first-order valence-corrected chi connectivity index (χ1v) is 20.4. The standard InChI is InChI=1S/C50H42F12O5/c1-45(2,33-17-21-37(22-18-33)66-49(59,60)47(53,54)55)43(29-31-15-25-39(51)41(27-31)63-35-11-7-5-8-12-35)65-44(30-32-16-26-40(52)42(28-32)64-36-13-9-6-10-14-36)46(3,4)34-19-23-38(24-20-34)67-50(61,62)48(56,57)58/h5-28,43-44H,29-30H2,1-4H3. The van der Waals surface area contributed by atoms with E-state index in [1.165, 1.54) is 60.7 Å². The summed E-state index contributed by atoms with van der Waals surface area (Å²) in [6.07, 6.45) is -25.2. The van der Waals surface area contributed by atoms with Gasteiger partial charge in [-0.15, -0.1) is 0 Å². The van der Waals surface area contributed by atoms with E-state index in [1.807, 2.05) is 0 Å². The third kappa shape index (κ3) is 12.2. The van der Waals surface area contributed by atoms with E-state index in [-0.39, 0.29) is 24.3 Å². The van der Waals surface area contributed by atoms with Gasteiger partial charge in [-0.05, 0) is 108 Å². The van der Waals surface area contributed by atoms with Crippen LogP contribution in [-0.4, -0.2) is 36.8 Å². The molecule has 2 atom stereocenters. The molecule has 6 aromatic carbocycles. The van der Waals surface area contributed by atoms with Crippen LogP contribution in [0.25, 0.3) is 0 Å². The molecule has 0 aliphatic heterocycles. The third-order valence-corrected chi connectivity index (χ3v) is 11.1. The molecule has 0 saturated heterocycles. The van der Waals surface area contributed by atoms with Crippen molar-refractivity contribution in [2.24, 2.45) is 0 Å². The Kier molecular flexibility index (Phi) is 14.5. The van der Waals surface area contributed by atoms with E-state index in [1.54, 1.807) is 88.4 Å². The molecule has 0 spiro atoms. The van der Waals surface area contributed by atoms with Gasteiger partial charge in [0.2, 0.25) is 0 Å². The molecule has 5 nitrogen and oxygen atoms in total. The average molecular weight is 951 g/mol. The summed E-state index contributed by atoms with van der Waals surface area (Å²) in [5.74, 6) is -2.69. The fourth-order valence-electron chi connectivity index (χ4n) is 7.00.